The number of rotatable bonds is 6. The van der Waals surface area contributed by atoms with Crippen molar-refractivity contribution in [2.75, 3.05) is 23.8 Å². The molecule has 2 aromatic carbocycles. The van der Waals surface area contributed by atoms with Crippen molar-refractivity contribution >= 4 is 23.1 Å². The van der Waals surface area contributed by atoms with Crippen molar-refractivity contribution in [3.05, 3.63) is 54.6 Å². The van der Waals surface area contributed by atoms with Crippen molar-refractivity contribution in [3.8, 4) is 0 Å². The Morgan fingerprint density at radius 3 is 2.19 bits per heavy atom. The van der Waals surface area contributed by atoms with Gasteiger partial charge in [0.15, 0.2) is 0 Å². The second kappa shape index (κ2) is 7.91. The topological polar surface area (TPSA) is 73.4 Å². The van der Waals surface area contributed by atoms with Crippen LogP contribution in [0.25, 0.3) is 0 Å². The Morgan fingerprint density at radius 1 is 0.905 bits per heavy atom. The SMILES string of the molecule is O=C(NCCCO)Nc1ccc(Nc2ccccc2)cc1. The average molecular weight is 285 g/mol. The fourth-order valence-corrected chi connectivity index (χ4v) is 1.78. The molecule has 4 N–H and O–H groups in total. The third kappa shape index (κ3) is 5.16. The zero-order valence-electron chi connectivity index (χ0n) is 11.7. The number of hydrogen-bond acceptors (Lipinski definition) is 3. The lowest BCUT2D eigenvalue weighted by molar-refractivity contribution is 0.249. The van der Waals surface area contributed by atoms with Crippen LogP contribution in [0.1, 0.15) is 6.42 Å². The van der Waals surface area contributed by atoms with Gasteiger partial charge in [0.1, 0.15) is 0 Å². The van der Waals surface area contributed by atoms with E-state index in [4.69, 9.17) is 5.11 Å². The molecule has 2 aromatic rings. The molecule has 0 radical (unpaired) electrons. The smallest absolute Gasteiger partial charge is 0.319 e. The molecule has 2 rings (SSSR count). The first-order valence-corrected chi connectivity index (χ1v) is 6.86. The lowest BCUT2D eigenvalue weighted by Gasteiger charge is -2.09. The Kier molecular flexibility index (Phi) is 5.60. The predicted octanol–water partition coefficient (Wildman–Crippen LogP) is 2.93. The van der Waals surface area contributed by atoms with Crippen molar-refractivity contribution in [2.24, 2.45) is 0 Å². The highest BCUT2D eigenvalue weighted by atomic mass is 16.3. The number of carbonyl (C=O) groups excluding carboxylic acids is 1. The number of hydrogen-bond donors (Lipinski definition) is 4. The van der Waals surface area contributed by atoms with Gasteiger partial charge in [0.25, 0.3) is 0 Å². The molecule has 0 saturated heterocycles. The summed E-state index contributed by atoms with van der Waals surface area (Å²) < 4.78 is 0. The van der Waals surface area contributed by atoms with Gasteiger partial charge < -0.3 is 21.1 Å². The molecule has 0 heterocycles. The number of para-hydroxylation sites is 1. The molecule has 21 heavy (non-hydrogen) atoms. The van der Waals surface area contributed by atoms with Crippen LogP contribution in [0.3, 0.4) is 0 Å². The van der Waals surface area contributed by atoms with Crippen LogP contribution in [0.5, 0.6) is 0 Å². The van der Waals surface area contributed by atoms with E-state index in [0.717, 1.165) is 17.1 Å². The molecule has 5 heteroatoms. The monoisotopic (exact) mass is 285 g/mol. The Bertz CT molecular complexity index is 555. The van der Waals surface area contributed by atoms with E-state index >= 15 is 0 Å². The molecule has 0 saturated carbocycles. The number of aliphatic hydroxyl groups is 1. The maximum absolute atomic E-state index is 11.5. The third-order valence-corrected chi connectivity index (χ3v) is 2.83. The van der Waals surface area contributed by atoms with Crippen molar-refractivity contribution < 1.29 is 9.90 Å². The van der Waals surface area contributed by atoms with Crippen LogP contribution in [0.15, 0.2) is 54.6 Å². The standard InChI is InChI=1S/C16H19N3O2/c20-12-4-11-17-16(21)19-15-9-7-14(8-10-15)18-13-5-2-1-3-6-13/h1-3,5-10,18,20H,4,11-12H2,(H2,17,19,21). The number of amides is 2. The second-order valence-electron chi connectivity index (χ2n) is 4.53. The molecule has 0 fully saturated rings. The van der Waals surface area contributed by atoms with Gasteiger partial charge in [-0.3, -0.25) is 0 Å². The van der Waals surface area contributed by atoms with Gasteiger partial charge in [0, 0.05) is 30.2 Å². The first-order valence-electron chi connectivity index (χ1n) is 6.86. The summed E-state index contributed by atoms with van der Waals surface area (Å²) in [6.45, 7) is 0.524. The Labute approximate surface area is 124 Å². The number of aliphatic hydroxyl groups excluding tert-OH is 1. The molecule has 0 aliphatic rings. The van der Waals surface area contributed by atoms with Crippen LogP contribution in [0.4, 0.5) is 21.9 Å². The van der Waals surface area contributed by atoms with Gasteiger partial charge in [-0.05, 0) is 42.8 Å². The highest BCUT2D eigenvalue weighted by Gasteiger charge is 2.01. The molecule has 0 aliphatic heterocycles. The molecule has 0 spiro atoms. The molecule has 0 bridgehead atoms. The zero-order chi connectivity index (χ0) is 14.9. The first kappa shape index (κ1) is 14.9. The molecular formula is C16H19N3O2. The summed E-state index contributed by atoms with van der Waals surface area (Å²) >= 11 is 0. The summed E-state index contributed by atoms with van der Waals surface area (Å²) in [6, 6.07) is 17.1. The van der Waals surface area contributed by atoms with Crippen molar-refractivity contribution in [1.29, 1.82) is 0 Å². The molecule has 5 nitrogen and oxygen atoms in total. The van der Waals surface area contributed by atoms with E-state index in [1.165, 1.54) is 0 Å². The molecule has 110 valence electrons. The van der Waals surface area contributed by atoms with Gasteiger partial charge in [-0.25, -0.2) is 4.79 Å². The molecular weight excluding hydrogens is 266 g/mol. The van der Waals surface area contributed by atoms with Crippen LogP contribution in [-0.4, -0.2) is 24.3 Å². The largest absolute Gasteiger partial charge is 0.396 e. The Morgan fingerprint density at radius 2 is 1.52 bits per heavy atom. The van der Waals surface area contributed by atoms with E-state index in [9.17, 15) is 4.79 Å². The van der Waals surface area contributed by atoms with Crippen LogP contribution >= 0.6 is 0 Å². The summed E-state index contributed by atoms with van der Waals surface area (Å²) in [6.07, 6.45) is 0.549. The minimum absolute atomic E-state index is 0.0696. The number of carbonyl (C=O) groups is 1. The van der Waals surface area contributed by atoms with Crippen LogP contribution in [0.2, 0.25) is 0 Å². The predicted molar refractivity (Wildman–Crippen MR) is 84.9 cm³/mol. The van der Waals surface area contributed by atoms with Crippen LogP contribution < -0.4 is 16.0 Å². The van der Waals surface area contributed by atoms with Gasteiger partial charge in [-0.2, -0.15) is 0 Å². The third-order valence-electron chi connectivity index (χ3n) is 2.83. The maximum Gasteiger partial charge on any atom is 0.319 e. The molecule has 0 unspecified atom stereocenters. The second-order valence-corrected chi connectivity index (χ2v) is 4.53. The normalized spacial score (nSPS) is 9.95. The van der Waals surface area contributed by atoms with Crippen molar-refractivity contribution in [2.45, 2.75) is 6.42 Å². The zero-order valence-corrected chi connectivity index (χ0v) is 11.7. The summed E-state index contributed by atoms with van der Waals surface area (Å²) in [5.74, 6) is 0. The van der Waals surface area contributed by atoms with E-state index in [-0.39, 0.29) is 12.6 Å². The van der Waals surface area contributed by atoms with Gasteiger partial charge in [0.05, 0.1) is 0 Å². The Hall–Kier alpha value is -2.53. The van der Waals surface area contributed by atoms with Gasteiger partial charge in [0.2, 0.25) is 0 Å². The fraction of sp³-hybridized carbons (Fsp3) is 0.188. The Balaban J connectivity index is 1.85. The van der Waals surface area contributed by atoms with Gasteiger partial charge in [-0.1, -0.05) is 18.2 Å². The van der Waals surface area contributed by atoms with Crippen LogP contribution in [0, 0.1) is 0 Å². The van der Waals surface area contributed by atoms with Crippen molar-refractivity contribution in [3.63, 3.8) is 0 Å². The fourth-order valence-electron chi connectivity index (χ4n) is 1.78. The minimum Gasteiger partial charge on any atom is -0.396 e. The van der Waals surface area contributed by atoms with E-state index in [1.54, 1.807) is 0 Å². The summed E-state index contributed by atoms with van der Waals surface area (Å²) in [4.78, 5) is 11.5. The molecule has 0 aromatic heterocycles. The van der Waals surface area contributed by atoms with Crippen molar-refractivity contribution in [1.82, 2.24) is 5.32 Å². The summed E-state index contributed by atoms with van der Waals surface area (Å²) in [7, 11) is 0. The van der Waals surface area contributed by atoms with Gasteiger partial charge >= 0.3 is 6.03 Å². The highest BCUT2D eigenvalue weighted by Crippen LogP contribution is 2.18. The number of urea groups is 1. The first-order chi connectivity index (χ1) is 10.3. The van der Waals surface area contributed by atoms with Crippen LogP contribution in [-0.2, 0) is 0 Å². The molecule has 0 aliphatic carbocycles. The average Bonchev–Trinajstić information content (AvgIpc) is 2.51. The lowest BCUT2D eigenvalue weighted by Crippen LogP contribution is -2.29. The minimum atomic E-state index is -0.271. The van der Waals surface area contributed by atoms with E-state index in [2.05, 4.69) is 16.0 Å². The maximum atomic E-state index is 11.5. The summed E-state index contributed by atoms with van der Waals surface area (Å²) in [5, 5.41) is 17.3. The number of benzene rings is 2. The van der Waals surface area contributed by atoms with E-state index in [0.29, 0.717) is 13.0 Å². The summed E-state index contributed by atoms with van der Waals surface area (Å²) in [5.41, 5.74) is 2.68. The highest BCUT2D eigenvalue weighted by molar-refractivity contribution is 5.89. The van der Waals surface area contributed by atoms with E-state index < -0.39 is 0 Å². The van der Waals surface area contributed by atoms with E-state index in [1.807, 2.05) is 54.6 Å². The lowest BCUT2D eigenvalue weighted by atomic mass is 10.2. The quantitative estimate of drug-likeness (QED) is 0.617. The number of anilines is 3. The van der Waals surface area contributed by atoms with Gasteiger partial charge in [-0.15, -0.1) is 0 Å². The number of nitrogens with one attached hydrogen (secondary N) is 3. The molecule has 0 atom stereocenters. The molecule has 2 amide bonds.